The molecule has 37 heavy (non-hydrogen) atoms. The van der Waals surface area contributed by atoms with Crippen molar-refractivity contribution in [1.82, 2.24) is 20.1 Å². The molecule has 0 bridgehead atoms. The summed E-state index contributed by atoms with van der Waals surface area (Å²) in [7, 11) is 1.71. The van der Waals surface area contributed by atoms with E-state index in [0.29, 0.717) is 25.1 Å². The van der Waals surface area contributed by atoms with Gasteiger partial charge in [-0.15, -0.1) is 0 Å². The van der Waals surface area contributed by atoms with E-state index in [1.54, 1.807) is 36.5 Å². The van der Waals surface area contributed by atoms with E-state index in [2.05, 4.69) is 46.4 Å². The minimum absolute atomic E-state index is 0.0653. The number of carbonyl (C=O) groups is 2. The van der Waals surface area contributed by atoms with Crippen molar-refractivity contribution in [2.24, 2.45) is 5.73 Å². The predicted molar refractivity (Wildman–Crippen MR) is 144 cm³/mol. The number of ether oxygens (including phenoxy) is 1. The number of carbonyl (C=O) groups excluding carboxylic acids is 2. The van der Waals surface area contributed by atoms with Gasteiger partial charge in [-0.25, -0.2) is 0 Å². The molecule has 4 rings (SSSR count). The Kier molecular flexibility index (Phi) is 9.66. The van der Waals surface area contributed by atoms with Gasteiger partial charge >= 0.3 is 0 Å². The highest BCUT2D eigenvalue weighted by Crippen LogP contribution is 2.26. The molecule has 0 radical (unpaired) electrons. The third-order valence-corrected chi connectivity index (χ3v) is 7.77. The van der Waals surface area contributed by atoms with Crippen LogP contribution in [0.1, 0.15) is 60.0 Å². The normalized spacial score (nSPS) is 24.2. The van der Waals surface area contributed by atoms with Crippen LogP contribution >= 0.6 is 0 Å². The fourth-order valence-electron chi connectivity index (χ4n) is 5.51. The molecule has 1 aromatic heterocycles. The van der Waals surface area contributed by atoms with E-state index >= 15 is 0 Å². The van der Waals surface area contributed by atoms with E-state index in [0.717, 1.165) is 45.2 Å². The van der Waals surface area contributed by atoms with Crippen molar-refractivity contribution in [3.05, 3.63) is 65.5 Å². The quantitative estimate of drug-likeness (QED) is 0.541. The number of hydrogen-bond acceptors (Lipinski definition) is 6. The lowest BCUT2D eigenvalue weighted by molar-refractivity contribution is -0.128. The monoisotopic (exact) mass is 507 g/mol. The fraction of sp³-hybridized carbons (Fsp3) is 0.552. The molecule has 8 heteroatoms. The smallest absolute Gasteiger partial charge is 0.256 e. The second-order valence-corrected chi connectivity index (χ2v) is 10.5. The van der Waals surface area contributed by atoms with Crippen molar-refractivity contribution >= 4 is 11.8 Å². The average Bonchev–Trinajstić information content (AvgIpc) is 2.93. The summed E-state index contributed by atoms with van der Waals surface area (Å²) in [6.07, 6.45) is 8.20. The van der Waals surface area contributed by atoms with Gasteiger partial charge < -0.3 is 20.7 Å². The molecule has 3 N–H and O–H groups in total. The molecule has 2 fully saturated rings. The molecule has 1 aromatic carbocycles. The molecule has 2 atom stereocenters. The Labute approximate surface area is 220 Å². The molecule has 1 saturated heterocycles. The Bertz CT molecular complexity index is 1010. The van der Waals surface area contributed by atoms with Gasteiger partial charge in [-0.05, 0) is 63.1 Å². The van der Waals surface area contributed by atoms with Crippen LogP contribution in [-0.2, 0) is 16.1 Å². The van der Waals surface area contributed by atoms with Crippen LogP contribution in [0.5, 0.6) is 0 Å². The van der Waals surface area contributed by atoms with E-state index in [1.165, 1.54) is 11.1 Å². The molecule has 2 amide bonds. The minimum atomic E-state index is -0.537. The predicted octanol–water partition coefficient (Wildman–Crippen LogP) is 2.90. The minimum Gasteiger partial charge on any atom is -0.383 e. The Morgan fingerprint density at radius 1 is 1.14 bits per heavy atom. The number of benzene rings is 1. The van der Waals surface area contributed by atoms with Crippen LogP contribution in [0.2, 0.25) is 0 Å². The number of rotatable bonds is 9. The van der Waals surface area contributed by atoms with E-state index < -0.39 is 6.04 Å². The first-order chi connectivity index (χ1) is 17.9. The molecule has 200 valence electrons. The summed E-state index contributed by atoms with van der Waals surface area (Å²) in [4.78, 5) is 35.4. The summed E-state index contributed by atoms with van der Waals surface area (Å²) in [5.41, 5.74) is 9.05. The second kappa shape index (κ2) is 13.1. The molecule has 1 unspecified atom stereocenters. The highest BCUT2D eigenvalue weighted by molar-refractivity contribution is 5.97. The lowest BCUT2D eigenvalue weighted by Gasteiger charge is -2.43. The van der Waals surface area contributed by atoms with Gasteiger partial charge in [0.25, 0.3) is 5.91 Å². The first kappa shape index (κ1) is 27.2. The van der Waals surface area contributed by atoms with Crippen LogP contribution in [0.15, 0.2) is 48.8 Å². The van der Waals surface area contributed by atoms with Gasteiger partial charge in [0.05, 0.1) is 12.2 Å². The van der Waals surface area contributed by atoms with E-state index in [4.69, 9.17) is 10.5 Å². The maximum atomic E-state index is 13.7. The molecule has 2 aliphatic rings. The van der Waals surface area contributed by atoms with Gasteiger partial charge in [-0.2, -0.15) is 0 Å². The molecule has 2 heterocycles. The van der Waals surface area contributed by atoms with Gasteiger partial charge in [0, 0.05) is 57.3 Å². The van der Waals surface area contributed by atoms with Crippen LogP contribution in [0.4, 0.5) is 0 Å². The van der Waals surface area contributed by atoms with Crippen LogP contribution in [0.3, 0.4) is 0 Å². The van der Waals surface area contributed by atoms with Gasteiger partial charge in [-0.3, -0.25) is 19.5 Å². The number of hydrogen-bond donors (Lipinski definition) is 2. The molecule has 1 aliphatic carbocycles. The summed E-state index contributed by atoms with van der Waals surface area (Å²) in [6, 6.07) is 12.1. The highest BCUT2D eigenvalue weighted by atomic mass is 16.5. The number of pyridine rings is 1. The Balaban J connectivity index is 1.53. The molecule has 2 aromatic rings. The number of likely N-dealkylation sites (tertiary alicyclic amines) is 1. The number of aromatic nitrogens is 1. The lowest BCUT2D eigenvalue weighted by atomic mass is 9.90. The van der Waals surface area contributed by atoms with Gasteiger partial charge in [-0.1, -0.05) is 29.8 Å². The Morgan fingerprint density at radius 3 is 2.57 bits per heavy atom. The van der Waals surface area contributed by atoms with Gasteiger partial charge in [0.1, 0.15) is 6.04 Å². The van der Waals surface area contributed by atoms with Crippen molar-refractivity contribution in [1.29, 1.82) is 0 Å². The van der Waals surface area contributed by atoms with Crippen LogP contribution < -0.4 is 11.1 Å². The van der Waals surface area contributed by atoms with Crippen LogP contribution in [0, 0.1) is 6.92 Å². The summed E-state index contributed by atoms with van der Waals surface area (Å²) in [6.45, 7) is 4.76. The Morgan fingerprint density at radius 2 is 1.89 bits per heavy atom. The van der Waals surface area contributed by atoms with Gasteiger partial charge in [0.2, 0.25) is 5.91 Å². The lowest BCUT2D eigenvalue weighted by Crippen LogP contribution is -2.58. The maximum Gasteiger partial charge on any atom is 0.256 e. The van der Waals surface area contributed by atoms with E-state index in [1.807, 2.05) is 0 Å². The summed E-state index contributed by atoms with van der Waals surface area (Å²) >= 11 is 0. The molecule has 8 nitrogen and oxygen atoms in total. The van der Waals surface area contributed by atoms with E-state index in [9.17, 15) is 9.59 Å². The molecule has 0 spiro atoms. The Hall–Kier alpha value is -2.81. The maximum absolute atomic E-state index is 13.7. The zero-order chi connectivity index (χ0) is 26.2. The molecule has 1 aliphatic heterocycles. The van der Waals surface area contributed by atoms with Crippen molar-refractivity contribution in [3.8, 4) is 0 Å². The summed E-state index contributed by atoms with van der Waals surface area (Å²) in [5.74, 6) is -0.205. The summed E-state index contributed by atoms with van der Waals surface area (Å²) < 4.78 is 5.42. The fourth-order valence-corrected chi connectivity index (χ4v) is 5.51. The number of methoxy groups -OCH3 is 1. The highest BCUT2D eigenvalue weighted by Gasteiger charge is 2.39. The third kappa shape index (κ3) is 7.37. The average molecular weight is 508 g/mol. The number of nitrogens with one attached hydrogen (secondary N) is 1. The van der Waals surface area contributed by atoms with Crippen LogP contribution in [-0.4, -0.2) is 77.6 Å². The van der Waals surface area contributed by atoms with E-state index in [-0.39, 0.29) is 29.9 Å². The van der Waals surface area contributed by atoms with Crippen molar-refractivity contribution in [3.63, 3.8) is 0 Å². The number of aryl methyl sites for hydroxylation is 1. The zero-order valence-electron chi connectivity index (χ0n) is 22.1. The van der Waals surface area contributed by atoms with Crippen LogP contribution in [0.25, 0.3) is 0 Å². The number of amides is 2. The van der Waals surface area contributed by atoms with Gasteiger partial charge in [0.15, 0.2) is 0 Å². The SMILES string of the molecule is COCCN(Cc1ccc(C)cc1)C1CCN(C(=O)c2cccnc2)[C@@H](C(=O)NC2CCC(N)CC2)C1. The molecular formula is C29H41N5O3. The zero-order valence-corrected chi connectivity index (χ0v) is 22.1. The number of nitrogens with zero attached hydrogens (tertiary/aromatic N) is 3. The number of nitrogens with two attached hydrogens (primary N) is 1. The standard InChI is InChI=1S/C29H41N5O3/c1-21-5-7-22(8-6-21)20-33(16-17-37-2)26-13-15-34(29(36)23-4-3-14-31-19-23)27(18-26)28(35)32-25-11-9-24(30)10-12-25/h3-8,14,19,24-27H,9-13,15-18,20,30H2,1-2H3,(H,32,35)/t24?,25?,26?,27-/m1/s1. The number of piperidine rings is 1. The topological polar surface area (TPSA) is 101 Å². The first-order valence-corrected chi connectivity index (χ1v) is 13.5. The second-order valence-electron chi connectivity index (χ2n) is 10.5. The summed E-state index contributed by atoms with van der Waals surface area (Å²) in [5, 5.41) is 3.26. The molecule has 1 saturated carbocycles. The largest absolute Gasteiger partial charge is 0.383 e. The molecular weight excluding hydrogens is 466 g/mol. The van der Waals surface area contributed by atoms with Crippen molar-refractivity contribution in [2.75, 3.05) is 26.8 Å². The third-order valence-electron chi connectivity index (χ3n) is 7.77. The first-order valence-electron chi connectivity index (χ1n) is 13.5. The van der Waals surface area contributed by atoms with Crippen molar-refractivity contribution < 1.29 is 14.3 Å². The van der Waals surface area contributed by atoms with Crippen molar-refractivity contribution in [2.45, 2.75) is 76.2 Å².